The van der Waals surface area contributed by atoms with Crippen molar-refractivity contribution in [2.75, 3.05) is 18.4 Å². The van der Waals surface area contributed by atoms with Crippen LogP contribution in [0.15, 0.2) is 0 Å². The second-order valence-electron chi connectivity index (χ2n) is 2.92. The van der Waals surface area contributed by atoms with Crippen LogP contribution < -0.4 is 0 Å². The molecule has 0 N–H and O–H groups in total. The molecule has 1 aliphatic rings. The lowest BCUT2D eigenvalue weighted by Gasteiger charge is -2.18. The summed E-state index contributed by atoms with van der Waals surface area (Å²) in [4.78, 5) is 0. The molecule has 0 radical (unpaired) electrons. The molecule has 0 bridgehead atoms. The van der Waals surface area contributed by atoms with Gasteiger partial charge >= 0.3 is 0 Å². The summed E-state index contributed by atoms with van der Waals surface area (Å²) in [6, 6.07) is 0. The summed E-state index contributed by atoms with van der Waals surface area (Å²) in [5, 5.41) is 0.642. The van der Waals surface area contributed by atoms with Gasteiger partial charge in [-0.2, -0.15) is 0 Å². The highest BCUT2D eigenvalue weighted by atomic mass is 79.9. The molecule has 1 aliphatic carbocycles. The van der Waals surface area contributed by atoms with Gasteiger partial charge in [-0.3, -0.25) is 0 Å². The van der Waals surface area contributed by atoms with Crippen molar-refractivity contribution in [2.45, 2.75) is 25.0 Å². The number of alkyl halides is 1. The van der Waals surface area contributed by atoms with Crippen LogP contribution in [0.25, 0.3) is 0 Å². The predicted molar refractivity (Wildman–Crippen MR) is 53.0 cm³/mol. The van der Waals surface area contributed by atoms with Crippen LogP contribution in [-0.4, -0.2) is 36.4 Å². The predicted octanol–water partition coefficient (Wildman–Crippen LogP) is 1.20. The molecule has 0 aliphatic heterocycles. The maximum atomic E-state index is 11.6. The van der Waals surface area contributed by atoms with Crippen molar-refractivity contribution in [3.63, 3.8) is 0 Å². The normalized spacial score (nSPS) is 18.6. The van der Waals surface area contributed by atoms with Gasteiger partial charge in [0.2, 0.25) is 10.0 Å². The summed E-state index contributed by atoms with van der Waals surface area (Å²) >= 11 is 3.25. The lowest BCUT2D eigenvalue weighted by Crippen LogP contribution is -2.35. The van der Waals surface area contributed by atoms with E-state index in [4.69, 9.17) is 0 Å². The third-order valence-corrected chi connectivity index (χ3v) is 4.82. The highest BCUT2D eigenvalue weighted by molar-refractivity contribution is 9.09. The van der Waals surface area contributed by atoms with Crippen molar-refractivity contribution in [3.8, 4) is 0 Å². The van der Waals surface area contributed by atoms with Crippen LogP contribution in [-0.2, 0) is 10.0 Å². The number of rotatable bonds is 5. The van der Waals surface area contributed by atoms with E-state index in [1.807, 2.05) is 6.92 Å². The largest absolute Gasteiger partial charge is 0.216 e. The van der Waals surface area contributed by atoms with E-state index in [-0.39, 0.29) is 5.25 Å². The molecule has 0 aromatic carbocycles. The highest BCUT2D eigenvalue weighted by Crippen LogP contribution is 2.30. The smallest absolute Gasteiger partial charge is 0.212 e. The minimum atomic E-state index is -2.94. The molecule has 5 heteroatoms. The molecule has 0 saturated heterocycles. The van der Waals surface area contributed by atoms with Crippen molar-refractivity contribution in [3.05, 3.63) is 0 Å². The Morgan fingerprint density at radius 3 is 2.42 bits per heavy atom. The van der Waals surface area contributed by atoms with Crippen LogP contribution in [0, 0.1) is 0 Å². The number of hydrogen-bond acceptors (Lipinski definition) is 2. The maximum absolute atomic E-state index is 11.6. The van der Waals surface area contributed by atoms with E-state index in [2.05, 4.69) is 15.9 Å². The van der Waals surface area contributed by atoms with Crippen LogP contribution >= 0.6 is 15.9 Å². The standard InChI is InChI=1S/C7H14BrNO2S/c1-2-9(6-5-8)12(10,11)7-3-4-7/h7H,2-6H2,1H3. The van der Waals surface area contributed by atoms with Crippen LogP contribution in [0.1, 0.15) is 19.8 Å². The molecular formula is C7H14BrNO2S. The van der Waals surface area contributed by atoms with E-state index in [1.54, 1.807) is 4.31 Å². The molecular weight excluding hydrogens is 242 g/mol. The quantitative estimate of drug-likeness (QED) is 0.693. The van der Waals surface area contributed by atoms with E-state index in [9.17, 15) is 8.42 Å². The van der Waals surface area contributed by atoms with Crippen LogP contribution in [0.5, 0.6) is 0 Å². The molecule has 1 rings (SSSR count). The minimum Gasteiger partial charge on any atom is -0.212 e. The lowest BCUT2D eigenvalue weighted by atomic mass is 10.7. The molecule has 0 atom stereocenters. The van der Waals surface area contributed by atoms with E-state index in [0.717, 1.165) is 12.8 Å². The molecule has 0 aromatic heterocycles. The third kappa shape index (κ3) is 2.20. The molecule has 72 valence electrons. The van der Waals surface area contributed by atoms with Crippen molar-refractivity contribution in [1.82, 2.24) is 4.31 Å². The van der Waals surface area contributed by atoms with Crippen LogP contribution in [0.2, 0.25) is 0 Å². The van der Waals surface area contributed by atoms with E-state index < -0.39 is 10.0 Å². The molecule has 3 nitrogen and oxygen atoms in total. The molecule has 1 fully saturated rings. The zero-order valence-electron chi connectivity index (χ0n) is 7.16. The van der Waals surface area contributed by atoms with Crippen molar-refractivity contribution in [1.29, 1.82) is 0 Å². The second kappa shape index (κ2) is 4.07. The second-order valence-corrected chi connectivity index (χ2v) is 5.93. The first-order chi connectivity index (χ1) is 5.62. The Balaban J connectivity index is 2.62. The molecule has 12 heavy (non-hydrogen) atoms. The van der Waals surface area contributed by atoms with Gasteiger partial charge in [-0.15, -0.1) is 0 Å². The lowest BCUT2D eigenvalue weighted by molar-refractivity contribution is 0.447. The van der Waals surface area contributed by atoms with Crippen molar-refractivity contribution < 1.29 is 8.42 Å². The number of sulfonamides is 1. The van der Waals surface area contributed by atoms with Crippen molar-refractivity contribution >= 4 is 26.0 Å². The number of halogens is 1. The molecule has 0 spiro atoms. The monoisotopic (exact) mass is 255 g/mol. The van der Waals surface area contributed by atoms with Gasteiger partial charge in [0.1, 0.15) is 0 Å². The first-order valence-corrected chi connectivity index (χ1v) is 6.80. The van der Waals surface area contributed by atoms with Crippen LogP contribution in [0.4, 0.5) is 0 Å². The van der Waals surface area contributed by atoms with Crippen molar-refractivity contribution in [2.24, 2.45) is 0 Å². The molecule has 1 saturated carbocycles. The Hall–Kier alpha value is 0.390. The van der Waals surface area contributed by atoms with E-state index in [0.29, 0.717) is 18.4 Å². The summed E-state index contributed by atoms with van der Waals surface area (Å²) in [5.74, 6) is 0. The van der Waals surface area contributed by atoms with E-state index in [1.165, 1.54) is 0 Å². The zero-order valence-corrected chi connectivity index (χ0v) is 9.57. The van der Waals surface area contributed by atoms with E-state index >= 15 is 0 Å². The Bertz CT molecular complexity index is 236. The summed E-state index contributed by atoms with van der Waals surface area (Å²) in [6.07, 6.45) is 1.70. The SMILES string of the molecule is CCN(CCBr)S(=O)(=O)C1CC1. The van der Waals surface area contributed by atoms with Gasteiger partial charge in [-0.25, -0.2) is 12.7 Å². The average molecular weight is 256 g/mol. The Labute approximate surface area is 82.3 Å². The molecule has 0 unspecified atom stereocenters. The summed E-state index contributed by atoms with van der Waals surface area (Å²) in [5.41, 5.74) is 0. The summed E-state index contributed by atoms with van der Waals surface area (Å²) in [7, 11) is -2.94. The number of hydrogen-bond donors (Lipinski definition) is 0. The summed E-state index contributed by atoms with van der Waals surface area (Å²) in [6.45, 7) is 3.06. The van der Waals surface area contributed by atoms with Gasteiger partial charge in [0.25, 0.3) is 0 Å². The highest BCUT2D eigenvalue weighted by Gasteiger charge is 2.38. The first kappa shape index (κ1) is 10.5. The van der Waals surface area contributed by atoms with Gasteiger partial charge in [0.05, 0.1) is 5.25 Å². The molecule has 0 heterocycles. The zero-order chi connectivity index (χ0) is 9.19. The van der Waals surface area contributed by atoms with Crippen LogP contribution in [0.3, 0.4) is 0 Å². The number of nitrogens with zero attached hydrogens (tertiary/aromatic N) is 1. The van der Waals surface area contributed by atoms with Gasteiger partial charge in [-0.1, -0.05) is 22.9 Å². The fraction of sp³-hybridized carbons (Fsp3) is 1.00. The fourth-order valence-corrected chi connectivity index (χ4v) is 3.66. The minimum absolute atomic E-state index is 0.0727. The van der Waals surface area contributed by atoms with Gasteiger partial charge < -0.3 is 0 Å². The maximum Gasteiger partial charge on any atom is 0.216 e. The first-order valence-electron chi connectivity index (χ1n) is 4.17. The van der Waals surface area contributed by atoms with Gasteiger partial charge in [-0.05, 0) is 12.8 Å². The average Bonchev–Trinajstić information content (AvgIpc) is 2.81. The molecule has 0 aromatic rings. The Morgan fingerprint density at radius 1 is 1.50 bits per heavy atom. The Kier molecular flexibility index (Phi) is 3.55. The fourth-order valence-electron chi connectivity index (χ4n) is 1.14. The Morgan fingerprint density at radius 2 is 2.08 bits per heavy atom. The van der Waals surface area contributed by atoms with Gasteiger partial charge in [0.15, 0.2) is 0 Å². The topological polar surface area (TPSA) is 37.4 Å². The molecule has 0 amide bonds. The van der Waals surface area contributed by atoms with Gasteiger partial charge in [0, 0.05) is 18.4 Å². The summed E-state index contributed by atoms with van der Waals surface area (Å²) < 4.78 is 24.8. The third-order valence-electron chi connectivity index (χ3n) is 1.99.